The largest absolute Gasteiger partial charge is 0.371 e. The molecule has 3 atom stereocenters. The van der Waals surface area contributed by atoms with Crippen LogP contribution in [-0.2, 0) is 14.2 Å². The predicted octanol–water partition coefficient (Wildman–Crippen LogP) is 0.125. The van der Waals surface area contributed by atoms with Crippen molar-refractivity contribution in [1.29, 1.82) is 0 Å². The maximum atomic E-state index is 5.75. The Morgan fingerprint density at radius 1 is 1.38 bits per heavy atom. The van der Waals surface area contributed by atoms with Gasteiger partial charge in [-0.25, -0.2) is 0 Å². The van der Waals surface area contributed by atoms with E-state index in [1.54, 1.807) is 0 Å². The smallest absolute Gasteiger partial charge is 0.164 e. The van der Waals surface area contributed by atoms with Crippen LogP contribution in [0.1, 0.15) is 13.8 Å². The van der Waals surface area contributed by atoms with Gasteiger partial charge in [0, 0.05) is 6.54 Å². The van der Waals surface area contributed by atoms with E-state index in [2.05, 4.69) is 5.32 Å². The summed E-state index contributed by atoms with van der Waals surface area (Å²) in [4.78, 5) is 0. The summed E-state index contributed by atoms with van der Waals surface area (Å²) in [5, 5.41) is 3.09. The van der Waals surface area contributed by atoms with E-state index in [0.717, 1.165) is 6.54 Å². The Morgan fingerprint density at radius 3 is 2.85 bits per heavy atom. The van der Waals surface area contributed by atoms with Crippen molar-refractivity contribution in [3.05, 3.63) is 0 Å². The molecule has 76 valence electrons. The number of likely N-dealkylation sites (N-methyl/N-ethyl adjacent to an activating group) is 1. The summed E-state index contributed by atoms with van der Waals surface area (Å²) in [6, 6.07) is 0. The van der Waals surface area contributed by atoms with Crippen LogP contribution in [0, 0.1) is 0 Å². The first-order valence-electron chi connectivity index (χ1n) is 4.74. The minimum Gasteiger partial charge on any atom is -0.371 e. The fourth-order valence-electron chi connectivity index (χ4n) is 2.00. The normalized spacial score (nSPS) is 42.2. The van der Waals surface area contributed by atoms with Crippen LogP contribution in [0.2, 0.25) is 0 Å². The van der Waals surface area contributed by atoms with E-state index in [9.17, 15) is 0 Å². The van der Waals surface area contributed by atoms with Gasteiger partial charge in [0.25, 0.3) is 0 Å². The first-order valence-corrected chi connectivity index (χ1v) is 4.74. The van der Waals surface area contributed by atoms with Crippen LogP contribution in [0.5, 0.6) is 0 Å². The third-order valence-electron chi connectivity index (χ3n) is 2.47. The molecule has 0 spiro atoms. The van der Waals surface area contributed by atoms with Gasteiger partial charge in [0.2, 0.25) is 0 Å². The van der Waals surface area contributed by atoms with Crippen LogP contribution < -0.4 is 5.32 Å². The van der Waals surface area contributed by atoms with Crippen molar-refractivity contribution < 1.29 is 14.2 Å². The van der Waals surface area contributed by atoms with Crippen LogP contribution in [0.3, 0.4) is 0 Å². The Bertz CT molecular complexity index is 193. The molecule has 0 radical (unpaired) electrons. The molecule has 4 nitrogen and oxygen atoms in total. The second-order valence-electron chi connectivity index (χ2n) is 4.07. The van der Waals surface area contributed by atoms with E-state index in [1.165, 1.54) is 0 Å². The van der Waals surface area contributed by atoms with Crippen molar-refractivity contribution in [2.24, 2.45) is 0 Å². The third-order valence-corrected chi connectivity index (χ3v) is 2.47. The van der Waals surface area contributed by atoms with Crippen molar-refractivity contribution in [2.75, 3.05) is 20.2 Å². The molecule has 0 bridgehead atoms. The zero-order chi connectivity index (χ0) is 9.47. The molecule has 0 aromatic carbocycles. The zero-order valence-corrected chi connectivity index (χ0v) is 8.37. The Balaban J connectivity index is 1.99. The predicted molar refractivity (Wildman–Crippen MR) is 47.5 cm³/mol. The highest BCUT2D eigenvalue weighted by atomic mass is 16.8. The standard InChI is InChI=1S/C9H17NO3/c1-9(2)12-7-5-11-6(4-10-3)8(7)13-9/h6-8,10H,4-5H2,1-3H3/t6?,7-,8+/m1/s1. The summed E-state index contributed by atoms with van der Waals surface area (Å²) < 4.78 is 17.0. The van der Waals surface area contributed by atoms with Gasteiger partial charge in [-0.1, -0.05) is 0 Å². The second-order valence-corrected chi connectivity index (χ2v) is 4.07. The van der Waals surface area contributed by atoms with Crippen LogP contribution in [0.4, 0.5) is 0 Å². The summed E-state index contributed by atoms with van der Waals surface area (Å²) in [6.07, 6.45) is 0.354. The maximum absolute atomic E-state index is 5.75. The molecule has 0 saturated carbocycles. The molecule has 2 aliphatic heterocycles. The Morgan fingerprint density at radius 2 is 2.15 bits per heavy atom. The Hall–Kier alpha value is -0.160. The molecular weight excluding hydrogens is 170 g/mol. The minimum absolute atomic E-state index is 0.0995. The van der Waals surface area contributed by atoms with E-state index >= 15 is 0 Å². The molecule has 0 aromatic heterocycles. The van der Waals surface area contributed by atoms with Crippen molar-refractivity contribution in [3.63, 3.8) is 0 Å². The van der Waals surface area contributed by atoms with Gasteiger partial charge < -0.3 is 19.5 Å². The van der Waals surface area contributed by atoms with Gasteiger partial charge in [-0.15, -0.1) is 0 Å². The van der Waals surface area contributed by atoms with Crippen LogP contribution in [0.25, 0.3) is 0 Å². The molecule has 0 aromatic rings. The molecule has 2 rings (SSSR count). The summed E-state index contributed by atoms with van der Waals surface area (Å²) in [7, 11) is 1.91. The maximum Gasteiger partial charge on any atom is 0.164 e. The lowest BCUT2D eigenvalue weighted by Gasteiger charge is -2.21. The van der Waals surface area contributed by atoms with Gasteiger partial charge in [0.1, 0.15) is 12.2 Å². The fourth-order valence-corrected chi connectivity index (χ4v) is 2.00. The first kappa shape index (κ1) is 9.40. The van der Waals surface area contributed by atoms with Crippen molar-refractivity contribution in [2.45, 2.75) is 37.9 Å². The van der Waals surface area contributed by atoms with E-state index in [4.69, 9.17) is 14.2 Å². The topological polar surface area (TPSA) is 39.7 Å². The number of hydrogen-bond acceptors (Lipinski definition) is 4. The molecule has 4 heteroatoms. The van der Waals surface area contributed by atoms with Crippen LogP contribution in [-0.4, -0.2) is 44.3 Å². The number of nitrogens with one attached hydrogen (secondary N) is 1. The van der Waals surface area contributed by atoms with Gasteiger partial charge in [-0.3, -0.25) is 0 Å². The van der Waals surface area contributed by atoms with E-state index in [-0.39, 0.29) is 18.3 Å². The lowest BCUT2D eigenvalue weighted by atomic mass is 10.1. The lowest BCUT2D eigenvalue weighted by molar-refractivity contribution is -0.174. The molecular formula is C9H17NO3. The van der Waals surface area contributed by atoms with Crippen molar-refractivity contribution in [1.82, 2.24) is 5.32 Å². The summed E-state index contributed by atoms with van der Waals surface area (Å²) in [5.41, 5.74) is 0. The third kappa shape index (κ3) is 1.72. The van der Waals surface area contributed by atoms with E-state index in [0.29, 0.717) is 6.61 Å². The van der Waals surface area contributed by atoms with E-state index < -0.39 is 5.79 Å². The highest BCUT2D eigenvalue weighted by molar-refractivity contribution is 4.92. The first-order chi connectivity index (χ1) is 6.12. The molecule has 1 unspecified atom stereocenters. The molecule has 2 fully saturated rings. The average molecular weight is 187 g/mol. The second kappa shape index (κ2) is 3.20. The van der Waals surface area contributed by atoms with E-state index in [1.807, 2.05) is 20.9 Å². The number of ether oxygens (including phenoxy) is 3. The van der Waals surface area contributed by atoms with Gasteiger partial charge in [-0.05, 0) is 20.9 Å². The van der Waals surface area contributed by atoms with Crippen LogP contribution >= 0.6 is 0 Å². The summed E-state index contributed by atoms with van der Waals surface area (Å²) >= 11 is 0. The van der Waals surface area contributed by atoms with Gasteiger partial charge in [-0.2, -0.15) is 0 Å². The summed E-state index contributed by atoms with van der Waals surface area (Å²) in [5.74, 6) is -0.439. The van der Waals surface area contributed by atoms with Crippen LogP contribution in [0.15, 0.2) is 0 Å². The quantitative estimate of drug-likeness (QED) is 0.667. The Labute approximate surface area is 78.5 Å². The lowest BCUT2D eigenvalue weighted by Crippen LogP contribution is -2.36. The molecule has 2 heterocycles. The highest BCUT2D eigenvalue weighted by Gasteiger charge is 2.49. The molecule has 0 amide bonds. The molecule has 1 N–H and O–H groups in total. The molecule has 2 saturated heterocycles. The molecule has 0 aliphatic carbocycles. The highest BCUT2D eigenvalue weighted by Crippen LogP contribution is 2.34. The molecule has 13 heavy (non-hydrogen) atoms. The minimum atomic E-state index is -0.439. The molecule has 2 aliphatic rings. The number of rotatable bonds is 2. The average Bonchev–Trinajstić information content (AvgIpc) is 2.48. The van der Waals surface area contributed by atoms with Crippen molar-refractivity contribution >= 4 is 0 Å². The SMILES string of the molecule is CNCC1OC[C@H]2OC(C)(C)O[C@@H]12. The van der Waals surface area contributed by atoms with Gasteiger partial charge in [0.05, 0.1) is 12.7 Å². The van der Waals surface area contributed by atoms with Crippen molar-refractivity contribution in [3.8, 4) is 0 Å². The summed E-state index contributed by atoms with van der Waals surface area (Å²) in [6.45, 7) is 5.37. The number of hydrogen-bond donors (Lipinski definition) is 1. The monoisotopic (exact) mass is 187 g/mol. The Kier molecular flexibility index (Phi) is 2.32. The number of fused-ring (bicyclic) bond motifs is 1. The fraction of sp³-hybridized carbons (Fsp3) is 1.00. The van der Waals surface area contributed by atoms with Gasteiger partial charge >= 0.3 is 0 Å². The van der Waals surface area contributed by atoms with Gasteiger partial charge in [0.15, 0.2) is 5.79 Å². The zero-order valence-electron chi connectivity index (χ0n) is 8.37.